The number of hydrogen-bond acceptors (Lipinski definition) is 4. The van der Waals surface area contributed by atoms with Gasteiger partial charge in [0.05, 0.1) is 17.2 Å². The Labute approximate surface area is 162 Å². The molecule has 4 nitrogen and oxygen atoms in total. The first-order valence-corrected chi connectivity index (χ1v) is 10.5. The molecule has 0 saturated heterocycles. The maximum atomic E-state index is 12.7. The van der Waals surface area contributed by atoms with Crippen LogP contribution in [0.1, 0.15) is 84.2 Å². The van der Waals surface area contributed by atoms with Gasteiger partial charge in [0.2, 0.25) is 0 Å². The van der Waals surface area contributed by atoms with Crippen LogP contribution in [0.15, 0.2) is 24.3 Å². The van der Waals surface area contributed by atoms with E-state index in [0.29, 0.717) is 11.5 Å². The first-order chi connectivity index (χ1) is 11.8. The summed E-state index contributed by atoms with van der Waals surface area (Å²) in [5.41, 5.74) is 1.13. The molecule has 0 aliphatic carbocycles. The second kappa shape index (κ2) is 9.25. The molecule has 0 unspecified atom stereocenters. The van der Waals surface area contributed by atoms with Crippen LogP contribution in [0.2, 0.25) is 0 Å². The molecule has 0 heterocycles. The van der Waals surface area contributed by atoms with Crippen molar-refractivity contribution in [3.8, 4) is 0 Å². The van der Waals surface area contributed by atoms with E-state index in [2.05, 4.69) is 25.5 Å². The number of hydrogen-bond donors (Lipinski definition) is 1. The van der Waals surface area contributed by atoms with Crippen LogP contribution in [-0.2, 0) is 21.6 Å². The van der Waals surface area contributed by atoms with Crippen molar-refractivity contribution in [3.63, 3.8) is 0 Å². The summed E-state index contributed by atoms with van der Waals surface area (Å²) < 4.78 is 21.0. The molecule has 0 aromatic heterocycles. The van der Waals surface area contributed by atoms with E-state index in [-0.39, 0.29) is 16.8 Å². The molecule has 1 N–H and O–H groups in total. The summed E-state index contributed by atoms with van der Waals surface area (Å²) >= 11 is -1.19. The van der Waals surface area contributed by atoms with E-state index in [1.54, 1.807) is 12.1 Å². The average molecular weight is 382 g/mol. The Balaban J connectivity index is 3.08. The number of carbonyl (C=O) groups is 1. The lowest BCUT2D eigenvalue weighted by atomic mass is 9.86. The number of benzene rings is 1. The van der Waals surface area contributed by atoms with Gasteiger partial charge in [-0.1, -0.05) is 26.0 Å². The standard InChI is InChI=1S/C21H35NO3S/c1-15(2)13-14-21(8,22-26(24)20(5,6)7)18-11-9-17(10-12-18)19(23)25-16(3)4/h9-12,15-16,22H,13-14H2,1-8H3/t21-,26+/m1/s1. The molecule has 2 atom stereocenters. The number of esters is 1. The van der Waals surface area contributed by atoms with Crippen molar-refractivity contribution in [1.82, 2.24) is 4.72 Å². The lowest BCUT2D eigenvalue weighted by molar-refractivity contribution is 0.0378. The SMILES string of the molecule is CC(C)CC[C@@](C)(N[S@@+]([O-])C(C)(C)C)c1ccc(C(=O)OC(C)C)cc1. The van der Waals surface area contributed by atoms with Gasteiger partial charge in [-0.2, -0.15) is 0 Å². The van der Waals surface area contributed by atoms with Gasteiger partial charge in [0.25, 0.3) is 0 Å². The molecule has 0 saturated carbocycles. The smallest absolute Gasteiger partial charge is 0.338 e. The van der Waals surface area contributed by atoms with Crippen molar-refractivity contribution in [1.29, 1.82) is 0 Å². The van der Waals surface area contributed by atoms with E-state index >= 15 is 0 Å². The molecule has 0 radical (unpaired) electrons. The molecule has 1 aromatic carbocycles. The van der Waals surface area contributed by atoms with Gasteiger partial charge in [-0.05, 0) is 78.0 Å². The predicted octanol–water partition coefficient (Wildman–Crippen LogP) is 4.96. The van der Waals surface area contributed by atoms with E-state index in [1.807, 2.05) is 46.8 Å². The highest BCUT2D eigenvalue weighted by Crippen LogP contribution is 2.31. The Hall–Kier alpha value is -1.04. The van der Waals surface area contributed by atoms with Crippen LogP contribution in [0.3, 0.4) is 0 Å². The van der Waals surface area contributed by atoms with Crippen molar-refractivity contribution in [2.75, 3.05) is 0 Å². The summed E-state index contributed by atoms with van der Waals surface area (Å²) in [4.78, 5) is 12.1. The Kier molecular flexibility index (Phi) is 8.18. The molecule has 0 bridgehead atoms. The fourth-order valence-corrected chi connectivity index (χ4v) is 3.38. The summed E-state index contributed by atoms with van der Waals surface area (Å²) in [7, 11) is 0. The molecule has 0 aliphatic rings. The molecule has 0 spiro atoms. The number of rotatable bonds is 8. The topological polar surface area (TPSA) is 61.4 Å². The van der Waals surface area contributed by atoms with Gasteiger partial charge in [-0.25, -0.2) is 4.79 Å². The zero-order valence-electron chi connectivity index (χ0n) is 17.5. The van der Waals surface area contributed by atoms with Crippen molar-refractivity contribution < 1.29 is 14.1 Å². The lowest BCUT2D eigenvalue weighted by Crippen LogP contribution is -2.50. The van der Waals surface area contributed by atoms with Gasteiger partial charge in [0.1, 0.15) is 4.75 Å². The molecule has 0 amide bonds. The molecule has 5 heteroatoms. The number of nitrogens with one attached hydrogen (secondary N) is 1. The van der Waals surface area contributed by atoms with E-state index in [9.17, 15) is 9.35 Å². The van der Waals surface area contributed by atoms with Crippen LogP contribution in [0.4, 0.5) is 0 Å². The zero-order chi connectivity index (χ0) is 20.1. The van der Waals surface area contributed by atoms with Gasteiger partial charge in [-0.15, -0.1) is 4.72 Å². The second-order valence-corrected chi connectivity index (χ2v) is 10.7. The largest absolute Gasteiger partial charge is 0.598 e. The van der Waals surface area contributed by atoms with Crippen LogP contribution in [0.25, 0.3) is 0 Å². The second-order valence-electron chi connectivity index (χ2n) is 8.78. The highest BCUT2D eigenvalue weighted by molar-refractivity contribution is 7.90. The van der Waals surface area contributed by atoms with E-state index in [1.165, 1.54) is 0 Å². The molecular weight excluding hydrogens is 346 g/mol. The predicted molar refractivity (Wildman–Crippen MR) is 109 cm³/mol. The first-order valence-electron chi connectivity index (χ1n) is 9.36. The third-order valence-electron chi connectivity index (χ3n) is 4.20. The van der Waals surface area contributed by atoms with Crippen LogP contribution in [-0.4, -0.2) is 21.4 Å². The summed E-state index contributed by atoms with van der Waals surface area (Å²) in [6, 6.07) is 7.44. The fraction of sp³-hybridized carbons (Fsp3) is 0.667. The minimum atomic E-state index is -1.19. The molecule has 26 heavy (non-hydrogen) atoms. The van der Waals surface area contributed by atoms with Crippen molar-refractivity contribution in [3.05, 3.63) is 35.4 Å². The highest BCUT2D eigenvalue weighted by Gasteiger charge is 2.37. The average Bonchev–Trinajstić information content (AvgIpc) is 2.51. The monoisotopic (exact) mass is 381 g/mol. The van der Waals surface area contributed by atoms with Crippen molar-refractivity contribution in [2.45, 2.75) is 84.6 Å². The fourth-order valence-electron chi connectivity index (χ4n) is 2.45. The van der Waals surface area contributed by atoms with Crippen molar-refractivity contribution in [2.24, 2.45) is 5.92 Å². The minimum absolute atomic E-state index is 0.144. The molecule has 0 fully saturated rings. The minimum Gasteiger partial charge on any atom is -0.598 e. The Morgan fingerprint density at radius 1 is 1.12 bits per heavy atom. The quantitative estimate of drug-likeness (QED) is 0.511. The maximum Gasteiger partial charge on any atom is 0.338 e. The summed E-state index contributed by atoms with van der Waals surface area (Å²) in [6.07, 6.45) is 1.74. The van der Waals surface area contributed by atoms with Gasteiger partial charge >= 0.3 is 5.97 Å². The molecular formula is C21H35NO3S. The maximum absolute atomic E-state index is 12.7. The first kappa shape index (κ1) is 23.0. The summed E-state index contributed by atoms with van der Waals surface area (Å²) in [6.45, 7) is 16.0. The highest BCUT2D eigenvalue weighted by atomic mass is 32.2. The Morgan fingerprint density at radius 2 is 1.65 bits per heavy atom. The number of ether oxygens (including phenoxy) is 1. The van der Waals surface area contributed by atoms with E-state index in [0.717, 1.165) is 18.4 Å². The van der Waals surface area contributed by atoms with E-state index < -0.39 is 16.9 Å². The van der Waals surface area contributed by atoms with Crippen molar-refractivity contribution >= 4 is 17.3 Å². The van der Waals surface area contributed by atoms with E-state index in [4.69, 9.17) is 4.74 Å². The summed E-state index contributed by atoms with van der Waals surface area (Å²) in [5.74, 6) is 0.237. The number of carbonyl (C=O) groups excluding carboxylic acids is 1. The third-order valence-corrected chi connectivity index (χ3v) is 5.94. The van der Waals surface area contributed by atoms with Gasteiger partial charge < -0.3 is 9.29 Å². The third kappa shape index (κ3) is 6.93. The molecule has 1 aromatic rings. The molecule has 148 valence electrons. The molecule has 1 rings (SSSR count). The Bertz CT molecular complexity index is 578. The molecule has 0 aliphatic heterocycles. The normalized spacial score (nSPS) is 15.8. The van der Waals surface area contributed by atoms with Crippen LogP contribution in [0.5, 0.6) is 0 Å². The van der Waals surface area contributed by atoms with Gasteiger partial charge in [-0.3, -0.25) is 0 Å². The van der Waals surface area contributed by atoms with Crippen LogP contribution in [0, 0.1) is 5.92 Å². The van der Waals surface area contributed by atoms with Crippen LogP contribution >= 0.6 is 0 Å². The summed E-state index contributed by atoms with van der Waals surface area (Å²) in [5, 5.41) is 0. The van der Waals surface area contributed by atoms with Crippen LogP contribution < -0.4 is 4.72 Å². The van der Waals surface area contributed by atoms with Gasteiger partial charge in [0, 0.05) is 11.4 Å². The lowest BCUT2D eigenvalue weighted by Gasteiger charge is -2.36. The van der Waals surface area contributed by atoms with Gasteiger partial charge in [0.15, 0.2) is 0 Å². The Morgan fingerprint density at radius 3 is 2.08 bits per heavy atom. The zero-order valence-corrected chi connectivity index (χ0v) is 18.3.